The highest BCUT2D eigenvalue weighted by Gasteiger charge is 2.13. The summed E-state index contributed by atoms with van der Waals surface area (Å²) < 4.78 is 4.99. The molecular weight excluding hydrogens is 182 g/mol. The zero-order valence-corrected chi connectivity index (χ0v) is 7.93. The predicted octanol–water partition coefficient (Wildman–Crippen LogP) is 0.500. The summed E-state index contributed by atoms with van der Waals surface area (Å²) in [6, 6.07) is 5.03. The number of carbonyl (C=O) groups is 1. The Kier molecular flexibility index (Phi) is 3.62. The molecule has 0 aliphatic heterocycles. The van der Waals surface area contributed by atoms with E-state index in [0.717, 1.165) is 0 Å². The van der Waals surface area contributed by atoms with Crippen LogP contribution in [0, 0.1) is 0 Å². The smallest absolute Gasteiger partial charge is 0.154 e. The Bertz CT molecular complexity index is 325. The fourth-order valence-electron chi connectivity index (χ4n) is 1.28. The molecular formula is C10H13NO3. The van der Waals surface area contributed by atoms with Crippen LogP contribution in [0.4, 0.5) is 0 Å². The minimum Gasteiger partial charge on any atom is -0.496 e. The van der Waals surface area contributed by atoms with Gasteiger partial charge in [0.25, 0.3) is 0 Å². The lowest BCUT2D eigenvalue weighted by atomic mass is 10.0. The summed E-state index contributed by atoms with van der Waals surface area (Å²) in [6.45, 7) is 0.0774. The molecule has 1 rings (SSSR count). The van der Waals surface area contributed by atoms with Gasteiger partial charge in [0.15, 0.2) is 6.29 Å². The van der Waals surface area contributed by atoms with Crippen molar-refractivity contribution in [2.75, 3.05) is 13.7 Å². The molecule has 4 nitrogen and oxygen atoms in total. The minimum atomic E-state index is -0.828. The summed E-state index contributed by atoms with van der Waals surface area (Å²) in [4.78, 5) is 10.8. The van der Waals surface area contributed by atoms with E-state index in [1.807, 2.05) is 0 Å². The topological polar surface area (TPSA) is 72.6 Å². The molecule has 1 aromatic carbocycles. The Labute approximate surface area is 82.3 Å². The molecule has 76 valence electrons. The van der Waals surface area contributed by atoms with Gasteiger partial charge in [0, 0.05) is 6.54 Å². The Morgan fingerprint density at radius 3 is 2.86 bits per heavy atom. The summed E-state index contributed by atoms with van der Waals surface area (Å²) in [5.74, 6) is 0.449. The van der Waals surface area contributed by atoms with Gasteiger partial charge < -0.3 is 15.6 Å². The number of carbonyl (C=O) groups excluding carboxylic acids is 1. The van der Waals surface area contributed by atoms with Crippen LogP contribution in [0.5, 0.6) is 5.75 Å². The molecule has 0 radical (unpaired) electrons. The zero-order chi connectivity index (χ0) is 10.6. The maximum absolute atomic E-state index is 10.8. The molecule has 0 aliphatic carbocycles. The largest absolute Gasteiger partial charge is 0.496 e. The summed E-state index contributed by atoms with van der Waals surface area (Å²) in [5, 5.41) is 9.52. The molecule has 0 fully saturated rings. The lowest BCUT2D eigenvalue weighted by molar-refractivity contribution is 0.111. The molecule has 0 amide bonds. The van der Waals surface area contributed by atoms with E-state index in [0.29, 0.717) is 23.2 Å². The Balaban J connectivity index is 3.21. The van der Waals surface area contributed by atoms with Crippen LogP contribution >= 0.6 is 0 Å². The van der Waals surface area contributed by atoms with Crippen LogP contribution < -0.4 is 10.5 Å². The fraction of sp³-hybridized carbons (Fsp3) is 0.300. The van der Waals surface area contributed by atoms with Crippen LogP contribution in [0.15, 0.2) is 18.2 Å². The van der Waals surface area contributed by atoms with Crippen molar-refractivity contribution in [2.24, 2.45) is 5.73 Å². The fourth-order valence-corrected chi connectivity index (χ4v) is 1.28. The maximum atomic E-state index is 10.8. The Morgan fingerprint density at radius 1 is 1.64 bits per heavy atom. The molecule has 3 N–H and O–H groups in total. The number of benzene rings is 1. The minimum absolute atomic E-state index is 0.0774. The molecule has 14 heavy (non-hydrogen) atoms. The number of nitrogens with two attached hydrogens (primary N) is 1. The van der Waals surface area contributed by atoms with Crippen LogP contribution in [0.3, 0.4) is 0 Å². The number of aliphatic hydroxyl groups excluding tert-OH is 1. The van der Waals surface area contributed by atoms with E-state index in [1.165, 1.54) is 7.11 Å². The highest BCUT2D eigenvalue weighted by atomic mass is 16.5. The van der Waals surface area contributed by atoms with Gasteiger partial charge in [-0.25, -0.2) is 0 Å². The first-order chi connectivity index (χ1) is 6.74. The number of aliphatic hydroxyl groups is 1. The molecule has 0 bridgehead atoms. The van der Waals surface area contributed by atoms with Gasteiger partial charge in [-0.15, -0.1) is 0 Å². The van der Waals surface area contributed by atoms with E-state index >= 15 is 0 Å². The van der Waals surface area contributed by atoms with Gasteiger partial charge in [0.05, 0.1) is 18.8 Å². The van der Waals surface area contributed by atoms with Crippen molar-refractivity contribution in [3.8, 4) is 5.75 Å². The molecule has 0 aromatic heterocycles. The van der Waals surface area contributed by atoms with Crippen LogP contribution in [-0.2, 0) is 0 Å². The third-order valence-corrected chi connectivity index (χ3v) is 2.02. The highest BCUT2D eigenvalue weighted by Crippen LogP contribution is 2.24. The average molecular weight is 195 g/mol. The Hall–Kier alpha value is -1.39. The van der Waals surface area contributed by atoms with Crippen LogP contribution in [0.25, 0.3) is 0 Å². The van der Waals surface area contributed by atoms with Gasteiger partial charge in [0.2, 0.25) is 0 Å². The second kappa shape index (κ2) is 4.74. The van der Waals surface area contributed by atoms with E-state index in [2.05, 4.69) is 0 Å². The normalized spacial score (nSPS) is 12.2. The standard InChI is InChI=1S/C10H13NO3/c1-14-10-4-2-3-7(8(10)6-12)9(13)5-11/h2-4,6,9,13H,5,11H2,1H3. The predicted molar refractivity (Wildman–Crippen MR) is 52.4 cm³/mol. The molecule has 0 aliphatic rings. The van der Waals surface area contributed by atoms with Gasteiger partial charge in [-0.3, -0.25) is 4.79 Å². The maximum Gasteiger partial charge on any atom is 0.154 e. The third-order valence-electron chi connectivity index (χ3n) is 2.02. The number of hydrogen-bond acceptors (Lipinski definition) is 4. The lowest BCUT2D eigenvalue weighted by Crippen LogP contribution is -2.13. The molecule has 0 saturated carbocycles. The first-order valence-electron chi connectivity index (χ1n) is 4.24. The molecule has 1 atom stereocenters. The zero-order valence-electron chi connectivity index (χ0n) is 7.93. The van der Waals surface area contributed by atoms with Crippen LogP contribution in [-0.4, -0.2) is 25.0 Å². The first kappa shape index (κ1) is 10.7. The quantitative estimate of drug-likeness (QED) is 0.686. The van der Waals surface area contributed by atoms with Crippen molar-refractivity contribution < 1.29 is 14.6 Å². The summed E-state index contributed by atoms with van der Waals surface area (Å²) in [5.41, 5.74) is 6.17. The van der Waals surface area contributed by atoms with Gasteiger partial charge in [-0.2, -0.15) is 0 Å². The summed E-state index contributed by atoms with van der Waals surface area (Å²) in [6.07, 6.45) is -0.169. The monoisotopic (exact) mass is 195 g/mol. The molecule has 1 unspecified atom stereocenters. The summed E-state index contributed by atoms with van der Waals surface area (Å²) in [7, 11) is 1.47. The van der Waals surface area contributed by atoms with Gasteiger partial charge >= 0.3 is 0 Å². The van der Waals surface area contributed by atoms with Gasteiger partial charge in [-0.1, -0.05) is 12.1 Å². The second-order valence-electron chi connectivity index (χ2n) is 2.83. The number of ether oxygens (including phenoxy) is 1. The van der Waals surface area contributed by atoms with Crippen molar-refractivity contribution >= 4 is 6.29 Å². The first-order valence-corrected chi connectivity index (χ1v) is 4.24. The van der Waals surface area contributed by atoms with Gasteiger partial charge in [0.1, 0.15) is 5.75 Å². The number of hydrogen-bond donors (Lipinski definition) is 2. The van der Waals surface area contributed by atoms with Gasteiger partial charge in [-0.05, 0) is 11.6 Å². The number of methoxy groups -OCH3 is 1. The molecule has 0 saturated heterocycles. The summed E-state index contributed by atoms with van der Waals surface area (Å²) >= 11 is 0. The van der Waals surface area contributed by atoms with E-state index in [-0.39, 0.29) is 6.54 Å². The molecule has 4 heteroatoms. The molecule has 1 aromatic rings. The van der Waals surface area contributed by atoms with Crippen molar-refractivity contribution in [2.45, 2.75) is 6.10 Å². The Morgan fingerprint density at radius 2 is 2.36 bits per heavy atom. The van der Waals surface area contributed by atoms with E-state index < -0.39 is 6.10 Å². The average Bonchev–Trinajstić information content (AvgIpc) is 2.26. The van der Waals surface area contributed by atoms with Crippen molar-refractivity contribution in [1.29, 1.82) is 0 Å². The number of aldehydes is 1. The second-order valence-corrected chi connectivity index (χ2v) is 2.83. The van der Waals surface area contributed by atoms with Crippen molar-refractivity contribution in [3.05, 3.63) is 29.3 Å². The van der Waals surface area contributed by atoms with E-state index in [1.54, 1.807) is 18.2 Å². The lowest BCUT2D eigenvalue weighted by Gasteiger charge is -2.12. The van der Waals surface area contributed by atoms with Crippen LogP contribution in [0.2, 0.25) is 0 Å². The van der Waals surface area contributed by atoms with Crippen molar-refractivity contribution in [1.82, 2.24) is 0 Å². The van der Waals surface area contributed by atoms with Crippen molar-refractivity contribution in [3.63, 3.8) is 0 Å². The SMILES string of the molecule is COc1cccc(C(O)CN)c1C=O. The number of rotatable bonds is 4. The molecule has 0 spiro atoms. The third kappa shape index (κ3) is 1.92. The molecule has 0 heterocycles. The van der Waals surface area contributed by atoms with E-state index in [9.17, 15) is 9.90 Å². The highest BCUT2D eigenvalue weighted by molar-refractivity contribution is 5.82. The van der Waals surface area contributed by atoms with E-state index in [4.69, 9.17) is 10.5 Å². The van der Waals surface area contributed by atoms with Crippen LogP contribution in [0.1, 0.15) is 22.0 Å².